The molecule has 0 fully saturated rings. The Kier molecular flexibility index (Phi) is 4.22. The standard InChI is InChI=1S/C10H15N3O4/c1-13-8(6(4-11)9(14)16-2)7(5-12-13)10(15)17-3/h5-6H,4,11H2,1-3H3. The van der Waals surface area contributed by atoms with E-state index in [9.17, 15) is 9.59 Å². The molecule has 0 aliphatic rings. The molecule has 0 aliphatic heterocycles. The molecule has 7 heteroatoms. The number of aromatic nitrogens is 2. The molecule has 0 radical (unpaired) electrons. The van der Waals surface area contributed by atoms with Gasteiger partial charge < -0.3 is 15.2 Å². The molecule has 2 N–H and O–H groups in total. The maximum atomic E-state index is 11.6. The normalized spacial score (nSPS) is 12.0. The summed E-state index contributed by atoms with van der Waals surface area (Å²) >= 11 is 0. The van der Waals surface area contributed by atoms with E-state index in [1.165, 1.54) is 25.1 Å². The summed E-state index contributed by atoms with van der Waals surface area (Å²) in [5.74, 6) is -1.81. The average molecular weight is 241 g/mol. The van der Waals surface area contributed by atoms with Crippen molar-refractivity contribution in [3.63, 3.8) is 0 Å². The highest BCUT2D eigenvalue weighted by molar-refractivity contribution is 5.92. The summed E-state index contributed by atoms with van der Waals surface area (Å²) in [6.07, 6.45) is 1.34. The van der Waals surface area contributed by atoms with E-state index in [1.807, 2.05) is 0 Å². The number of nitrogens with two attached hydrogens (primary N) is 1. The van der Waals surface area contributed by atoms with Crippen molar-refractivity contribution in [2.24, 2.45) is 12.8 Å². The Bertz CT molecular complexity index is 427. The first-order valence-corrected chi connectivity index (χ1v) is 4.94. The first kappa shape index (κ1) is 13.2. The lowest BCUT2D eigenvalue weighted by molar-refractivity contribution is -0.142. The highest BCUT2D eigenvalue weighted by Gasteiger charge is 2.29. The number of esters is 2. The van der Waals surface area contributed by atoms with Crippen LogP contribution in [0.25, 0.3) is 0 Å². The van der Waals surface area contributed by atoms with Gasteiger partial charge in [0.05, 0.1) is 26.1 Å². The Morgan fingerprint density at radius 2 is 2.12 bits per heavy atom. The smallest absolute Gasteiger partial charge is 0.341 e. The van der Waals surface area contributed by atoms with Gasteiger partial charge in [0.1, 0.15) is 11.5 Å². The number of carbonyl (C=O) groups is 2. The SMILES string of the molecule is COC(=O)c1cnn(C)c1C(CN)C(=O)OC. The van der Waals surface area contributed by atoms with Gasteiger partial charge >= 0.3 is 11.9 Å². The molecule has 0 saturated heterocycles. The van der Waals surface area contributed by atoms with Gasteiger partial charge in [0.15, 0.2) is 0 Å². The van der Waals surface area contributed by atoms with Gasteiger partial charge in [-0.25, -0.2) is 4.79 Å². The summed E-state index contributed by atoms with van der Waals surface area (Å²) < 4.78 is 10.7. The van der Waals surface area contributed by atoms with Crippen LogP contribution in [0.4, 0.5) is 0 Å². The first-order valence-electron chi connectivity index (χ1n) is 4.94. The molecule has 0 saturated carbocycles. The third-order valence-electron chi connectivity index (χ3n) is 2.44. The second-order valence-corrected chi connectivity index (χ2v) is 3.37. The van der Waals surface area contributed by atoms with E-state index >= 15 is 0 Å². The van der Waals surface area contributed by atoms with Crippen LogP contribution in [0, 0.1) is 0 Å². The molecule has 17 heavy (non-hydrogen) atoms. The quantitative estimate of drug-likeness (QED) is 0.708. The predicted molar refractivity (Wildman–Crippen MR) is 58.4 cm³/mol. The van der Waals surface area contributed by atoms with Crippen LogP contribution in [0.1, 0.15) is 22.0 Å². The molecular formula is C10H15N3O4. The molecule has 7 nitrogen and oxygen atoms in total. The highest BCUT2D eigenvalue weighted by atomic mass is 16.5. The predicted octanol–water partition coefficient (Wildman–Crippen LogP) is -0.578. The summed E-state index contributed by atoms with van der Waals surface area (Å²) in [6, 6.07) is 0. The van der Waals surface area contributed by atoms with E-state index in [0.717, 1.165) is 0 Å². The monoisotopic (exact) mass is 241 g/mol. The molecule has 1 aromatic rings. The van der Waals surface area contributed by atoms with E-state index in [2.05, 4.69) is 14.6 Å². The summed E-state index contributed by atoms with van der Waals surface area (Å²) in [5.41, 5.74) is 6.14. The van der Waals surface area contributed by atoms with Gasteiger partial charge in [-0.1, -0.05) is 0 Å². The molecule has 0 amide bonds. The third-order valence-corrected chi connectivity index (χ3v) is 2.44. The van der Waals surface area contributed by atoms with Crippen molar-refractivity contribution in [2.75, 3.05) is 20.8 Å². The van der Waals surface area contributed by atoms with Crippen LogP contribution in [0.3, 0.4) is 0 Å². The maximum Gasteiger partial charge on any atom is 0.341 e. The number of nitrogens with zero attached hydrogens (tertiary/aromatic N) is 2. The number of ether oxygens (including phenoxy) is 2. The van der Waals surface area contributed by atoms with Crippen LogP contribution in [0.5, 0.6) is 0 Å². The Hall–Kier alpha value is -1.89. The van der Waals surface area contributed by atoms with E-state index in [0.29, 0.717) is 5.69 Å². The topological polar surface area (TPSA) is 96.4 Å². The van der Waals surface area contributed by atoms with Crippen molar-refractivity contribution in [1.29, 1.82) is 0 Å². The molecule has 0 spiro atoms. The van der Waals surface area contributed by atoms with Gasteiger partial charge in [-0.15, -0.1) is 0 Å². The van der Waals surface area contributed by atoms with Crippen molar-refractivity contribution < 1.29 is 19.1 Å². The van der Waals surface area contributed by atoms with Crippen molar-refractivity contribution in [2.45, 2.75) is 5.92 Å². The molecule has 0 aliphatic carbocycles. The second kappa shape index (κ2) is 5.44. The second-order valence-electron chi connectivity index (χ2n) is 3.37. The molecule has 0 aromatic carbocycles. The number of hydrogen-bond acceptors (Lipinski definition) is 6. The lowest BCUT2D eigenvalue weighted by Gasteiger charge is -2.14. The molecule has 1 unspecified atom stereocenters. The van der Waals surface area contributed by atoms with Gasteiger partial charge in [-0.3, -0.25) is 9.48 Å². The molecule has 1 rings (SSSR count). The van der Waals surface area contributed by atoms with E-state index in [1.54, 1.807) is 7.05 Å². The van der Waals surface area contributed by atoms with Crippen LogP contribution >= 0.6 is 0 Å². The van der Waals surface area contributed by atoms with Gasteiger partial charge in [0.2, 0.25) is 0 Å². The van der Waals surface area contributed by atoms with Crippen molar-refractivity contribution in [1.82, 2.24) is 9.78 Å². The van der Waals surface area contributed by atoms with Crippen LogP contribution in [-0.4, -0.2) is 42.5 Å². The summed E-state index contributed by atoms with van der Waals surface area (Å²) in [4.78, 5) is 23.1. The highest BCUT2D eigenvalue weighted by Crippen LogP contribution is 2.20. The Morgan fingerprint density at radius 1 is 1.47 bits per heavy atom. The van der Waals surface area contributed by atoms with Crippen molar-refractivity contribution >= 4 is 11.9 Å². The zero-order valence-electron chi connectivity index (χ0n) is 9.97. The molecule has 1 heterocycles. The van der Waals surface area contributed by atoms with Gasteiger partial charge in [0.25, 0.3) is 0 Å². The van der Waals surface area contributed by atoms with E-state index in [4.69, 9.17) is 5.73 Å². The van der Waals surface area contributed by atoms with E-state index in [-0.39, 0.29) is 12.1 Å². The van der Waals surface area contributed by atoms with Crippen LogP contribution in [0.2, 0.25) is 0 Å². The minimum atomic E-state index is -0.735. The van der Waals surface area contributed by atoms with Crippen molar-refractivity contribution in [3.05, 3.63) is 17.5 Å². The lowest BCUT2D eigenvalue weighted by atomic mass is 10.0. The van der Waals surface area contributed by atoms with Crippen LogP contribution in [0.15, 0.2) is 6.20 Å². The number of carbonyl (C=O) groups excluding carboxylic acids is 2. The fourth-order valence-corrected chi connectivity index (χ4v) is 1.59. The fourth-order valence-electron chi connectivity index (χ4n) is 1.59. The molecule has 94 valence electrons. The minimum Gasteiger partial charge on any atom is -0.468 e. The van der Waals surface area contributed by atoms with Gasteiger partial charge in [-0.2, -0.15) is 5.10 Å². The third kappa shape index (κ3) is 2.44. The Labute approximate surface area is 98.5 Å². The largest absolute Gasteiger partial charge is 0.468 e. The fraction of sp³-hybridized carbons (Fsp3) is 0.500. The number of methoxy groups -OCH3 is 2. The zero-order chi connectivity index (χ0) is 13.0. The van der Waals surface area contributed by atoms with E-state index < -0.39 is 17.9 Å². The Morgan fingerprint density at radius 3 is 2.59 bits per heavy atom. The zero-order valence-corrected chi connectivity index (χ0v) is 9.97. The number of rotatable bonds is 4. The molecule has 0 bridgehead atoms. The summed E-state index contributed by atoms with van der Waals surface area (Å²) in [5, 5.41) is 3.92. The maximum absolute atomic E-state index is 11.6. The minimum absolute atomic E-state index is 0.0240. The van der Waals surface area contributed by atoms with Gasteiger partial charge in [-0.05, 0) is 0 Å². The summed E-state index contributed by atoms with van der Waals surface area (Å²) in [6.45, 7) is 0.0240. The molecule has 1 atom stereocenters. The summed E-state index contributed by atoms with van der Waals surface area (Å²) in [7, 11) is 4.14. The first-order chi connectivity index (χ1) is 8.06. The molecular weight excluding hydrogens is 226 g/mol. The number of hydrogen-bond donors (Lipinski definition) is 1. The van der Waals surface area contributed by atoms with Gasteiger partial charge in [0, 0.05) is 13.6 Å². The number of aryl methyl sites for hydroxylation is 1. The Balaban J connectivity index is 3.22. The average Bonchev–Trinajstić information content (AvgIpc) is 2.71. The van der Waals surface area contributed by atoms with Crippen molar-refractivity contribution in [3.8, 4) is 0 Å². The van der Waals surface area contributed by atoms with Crippen LogP contribution in [-0.2, 0) is 21.3 Å². The van der Waals surface area contributed by atoms with Crippen LogP contribution < -0.4 is 5.73 Å². The molecule has 1 aromatic heterocycles. The lowest BCUT2D eigenvalue weighted by Crippen LogP contribution is -2.26.